The lowest BCUT2D eigenvalue weighted by Crippen LogP contribution is -2.00. The van der Waals surface area contributed by atoms with Crippen LogP contribution in [0.1, 0.15) is 36.9 Å². The smallest absolute Gasteiger partial charge is 0.198 e. The fourth-order valence-electron chi connectivity index (χ4n) is 1.88. The third kappa shape index (κ3) is 2.38. The van der Waals surface area contributed by atoms with Crippen LogP contribution in [0.5, 0.6) is 0 Å². The molecule has 0 bridgehead atoms. The number of rotatable bonds is 4. The minimum atomic E-state index is 0.583. The predicted octanol–water partition coefficient (Wildman–Crippen LogP) is 3.15. The number of halogens is 1. The monoisotopic (exact) mass is 307 g/mol. The lowest BCUT2D eigenvalue weighted by atomic mass is 10.2. The van der Waals surface area contributed by atoms with Crippen LogP contribution < -0.4 is 5.32 Å². The highest BCUT2D eigenvalue weighted by Crippen LogP contribution is 2.39. The van der Waals surface area contributed by atoms with Crippen LogP contribution in [0.25, 0.3) is 0 Å². The molecule has 3 rings (SSSR count). The van der Waals surface area contributed by atoms with Crippen LogP contribution >= 0.6 is 15.9 Å². The van der Waals surface area contributed by atoms with Gasteiger partial charge in [0.05, 0.1) is 0 Å². The van der Waals surface area contributed by atoms with Crippen LogP contribution in [-0.2, 0) is 6.42 Å². The van der Waals surface area contributed by atoms with Crippen LogP contribution in [0.2, 0.25) is 0 Å². The number of anilines is 2. The van der Waals surface area contributed by atoms with E-state index in [9.17, 15) is 0 Å². The Bertz CT molecular complexity index is 561. The van der Waals surface area contributed by atoms with E-state index in [1.165, 1.54) is 18.5 Å². The molecule has 5 nitrogen and oxygen atoms in total. The maximum absolute atomic E-state index is 4.35. The number of nitrogens with zero attached hydrogens (tertiary/aromatic N) is 3. The van der Waals surface area contributed by atoms with E-state index in [0.717, 1.165) is 23.6 Å². The Kier molecular flexibility index (Phi) is 3.03. The molecule has 6 heteroatoms. The van der Waals surface area contributed by atoms with Gasteiger partial charge in [-0.05, 0) is 35.2 Å². The molecule has 2 heterocycles. The van der Waals surface area contributed by atoms with Crippen molar-refractivity contribution in [3.05, 3.63) is 28.3 Å². The van der Waals surface area contributed by atoms with E-state index >= 15 is 0 Å². The van der Waals surface area contributed by atoms with Gasteiger partial charge < -0.3 is 5.32 Å². The average molecular weight is 308 g/mol. The summed E-state index contributed by atoms with van der Waals surface area (Å²) in [6.45, 7) is 2.08. The highest BCUT2D eigenvalue weighted by molar-refractivity contribution is 9.10. The predicted molar refractivity (Wildman–Crippen MR) is 73.0 cm³/mol. The number of hydrogen-bond acceptors (Lipinski definition) is 4. The van der Waals surface area contributed by atoms with Crippen molar-refractivity contribution in [1.82, 2.24) is 20.2 Å². The Morgan fingerprint density at radius 2 is 2.33 bits per heavy atom. The SMILES string of the molecule is CCc1cnc(Br)nc1Nc1cc(C2CC2)[nH]n1. The van der Waals surface area contributed by atoms with Gasteiger partial charge in [-0.25, -0.2) is 9.97 Å². The minimum Gasteiger partial charge on any atom is -0.323 e. The molecule has 1 aliphatic carbocycles. The summed E-state index contributed by atoms with van der Waals surface area (Å²) in [4.78, 5) is 8.48. The first-order valence-electron chi connectivity index (χ1n) is 6.10. The van der Waals surface area contributed by atoms with Gasteiger partial charge in [0.25, 0.3) is 0 Å². The van der Waals surface area contributed by atoms with E-state index in [4.69, 9.17) is 0 Å². The Morgan fingerprint density at radius 1 is 1.50 bits per heavy atom. The fraction of sp³-hybridized carbons (Fsp3) is 0.417. The average Bonchev–Trinajstić information content (AvgIpc) is 3.11. The first kappa shape index (κ1) is 11.6. The summed E-state index contributed by atoms with van der Waals surface area (Å²) >= 11 is 3.29. The zero-order valence-electron chi connectivity index (χ0n) is 10.1. The molecule has 0 spiro atoms. The summed E-state index contributed by atoms with van der Waals surface area (Å²) in [5.74, 6) is 2.31. The van der Waals surface area contributed by atoms with Crippen LogP contribution in [0.15, 0.2) is 17.0 Å². The topological polar surface area (TPSA) is 66.5 Å². The molecule has 2 aromatic heterocycles. The summed E-state index contributed by atoms with van der Waals surface area (Å²) in [5.41, 5.74) is 2.29. The number of aromatic nitrogens is 4. The van der Waals surface area contributed by atoms with E-state index in [-0.39, 0.29) is 0 Å². The van der Waals surface area contributed by atoms with Gasteiger partial charge in [0, 0.05) is 29.4 Å². The van der Waals surface area contributed by atoms with Gasteiger partial charge in [-0.2, -0.15) is 5.10 Å². The summed E-state index contributed by atoms with van der Waals surface area (Å²) in [6, 6.07) is 2.06. The molecule has 0 unspecified atom stereocenters. The second-order valence-electron chi connectivity index (χ2n) is 4.47. The lowest BCUT2D eigenvalue weighted by Gasteiger charge is -2.06. The highest BCUT2D eigenvalue weighted by Gasteiger charge is 2.25. The van der Waals surface area contributed by atoms with Crippen LogP contribution in [0, 0.1) is 0 Å². The minimum absolute atomic E-state index is 0.583. The molecule has 0 saturated heterocycles. The Labute approximate surface area is 114 Å². The van der Waals surface area contributed by atoms with Crippen molar-refractivity contribution in [3.63, 3.8) is 0 Å². The molecule has 2 N–H and O–H groups in total. The number of nitrogens with one attached hydrogen (secondary N) is 2. The van der Waals surface area contributed by atoms with Crippen molar-refractivity contribution in [2.45, 2.75) is 32.1 Å². The molecule has 1 aliphatic rings. The summed E-state index contributed by atoms with van der Waals surface area (Å²) in [6.07, 6.45) is 5.24. The number of hydrogen-bond donors (Lipinski definition) is 2. The Morgan fingerprint density at radius 3 is 3.06 bits per heavy atom. The summed E-state index contributed by atoms with van der Waals surface area (Å²) < 4.78 is 0.583. The van der Waals surface area contributed by atoms with Crippen LogP contribution in [0.3, 0.4) is 0 Å². The van der Waals surface area contributed by atoms with Crippen LogP contribution in [-0.4, -0.2) is 20.2 Å². The molecule has 94 valence electrons. The second kappa shape index (κ2) is 4.68. The molecule has 0 atom stereocenters. The normalized spacial score (nSPS) is 14.8. The van der Waals surface area contributed by atoms with E-state index in [1.807, 2.05) is 6.20 Å². The summed E-state index contributed by atoms with van der Waals surface area (Å²) in [7, 11) is 0. The zero-order valence-corrected chi connectivity index (χ0v) is 11.7. The van der Waals surface area contributed by atoms with Crippen LogP contribution in [0.4, 0.5) is 11.6 Å². The Hall–Kier alpha value is -1.43. The van der Waals surface area contributed by atoms with Gasteiger partial charge in [0.15, 0.2) is 10.6 Å². The molecular weight excluding hydrogens is 294 g/mol. The van der Waals surface area contributed by atoms with E-state index in [1.54, 1.807) is 0 Å². The largest absolute Gasteiger partial charge is 0.323 e. The third-order valence-corrected chi connectivity index (χ3v) is 3.46. The molecule has 2 aromatic rings. The maximum atomic E-state index is 4.35. The first-order chi connectivity index (χ1) is 8.76. The number of aryl methyl sites for hydroxylation is 1. The van der Waals surface area contributed by atoms with Gasteiger partial charge in [-0.15, -0.1) is 0 Å². The summed E-state index contributed by atoms with van der Waals surface area (Å²) in [5, 5.41) is 10.6. The molecule has 0 amide bonds. The second-order valence-corrected chi connectivity index (χ2v) is 5.18. The van der Waals surface area contributed by atoms with Gasteiger partial charge >= 0.3 is 0 Å². The Balaban J connectivity index is 1.83. The molecule has 1 saturated carbocycles. The molecule has 0 radical (unpaired) electrons. The molecule has 1 fully saturated rings. The maximum Gasteiger partial charge on any atom is 0.198 e. The third-order valence-electron chi connectivity index (χ3n) is 3.08. The number of aromatic amines is 1. The van der Waals surface area contributed by atoms with Crippen molar-refractivity contribution < 1.29 is 0 Å². The van der Waals surface area contributed by atoms with Gasteiger partial charge in [0.2, 0.25) is 0 Å². The molecule has 0 aromatic carbocycles. The fourth-order valence-corrected chi connectivity index (χ4v) is 2.16. The van der Waals surface area contributed by atoms with Crippen molar-refractivity contribution >= 4 is 27.6 Å². The van der Waals surface area contributed by atoms with E-state index < -0.39 is 0 Å². The van der Waals surface area contributed by atoms with E-state index in [2.05, 4.69) is 54.4 Å². The quantitative estimate of drug-likeness (QED) is 0.852. The van der Waals surface area contributed by atoms with Crippen molar-refractivity contribution in [2.75, 3.05) is 5.32 Å². The van der Waals surface area contributed by atoms with Gasteiger partial charge in [-0.1, -0.05) is 6.92 Å². The molecular formula is C12H14BrN5. The lowest BCUT2D eigenvalue weighted by molar-refractivity contribution is 0.964. The van der Waals surface area contributed by atoms with Crippen molar-refractivity contribution in [2.24, 2.45) is 0 Å². The molecule has 0 aliphatic heterocycles. The van der Waals surface area contributed by atoms with Gasteiger partial charge in [-0.3, -0.25) is 5.10 Å². The standard InChI is InChI=1S/C12H14BrN5/c1-2-7-6-14-12(13)16-11(7)15-10-5-9(17-18-10)8-3-4-8/h5-6,8H,2-4H2,1H3,(H2,14,15,16,17,18). The first-order valence-corrected chi connectivity index (χ1v) is 6.89. The number of H-pyrrole nitrogens is 1. The van der Waals surface area contributed by atoms with E-state index in [0.29, 0.717) is 10.7 Å². The highest BCUT2D eigenvalue weighted by atomic mass is 79.9. The zero-order chi connectivity index (χ0) is 12.5. The van der Waals surface area contributed by atoms with Gasteiger partial charge in [0.1, 0.15) is 5.82 Å². The van der Waals surface area contributed by atoms with Crippen molar-refractivity contribution in [1.29, 1.82) is 0 Å². The van der Waals surface area contributed by atoms with Crippen molar-refractivity contribution in [3.8, 4) is 0 Å². The molecule has 18 heavy (non-hydrogen) atoms.